The fourth-order valence-corrected chi connectivity index (χ4v) is 2.06. The number of imidazole rings is 1. The molecule has 0 bridgehead atoms. The van der Waals surface area contributed by atoms with Crippen LogP contribution in [0.2, 0.25) is 0 Å². The van der Waals surface area contributed by atoms with Gasteiger partial charge in [-0.1, -0.05) is 26.0 Å². The van der Waals surface area contributed by atoms with Gasteiger partial charge < -0.3 is 15.6 Å². The molecular formula is C14H22N4. The van der Waals surface area contributed by atoms with Crippen LogP contribution in [0.1, 0.15) is 26.7 Å². The van der Waals surface area contributed by atoms with Gasteiger partial charge in [0.05, 0.1) is 11.0 Å². The van der Waals surface area contributed by atoms with Gasteiger partial charge in [0.25, 0.3) is 0 Å². The highest BCUT2D eigenvalue weighted by Gasteiger charge is 2.20. The Balaban J connectivity index is 2.20. The number of nitrogens with one attached hydrogen (secondary N) is 1. The van der Waals surface area contributed by atoms with E-state index in [1.165, 1.54) is 0 Å². The zero-order valence-electron chi connectivity index (χ0n) is 11.4. The van der Waals surface area contributed by atoms with E-state index in [0.717, 1.165) is 36.4 Å². The van der Waals surface area contributed by atoms with E-state index in [1.54, 1.807) is 0 Å². The largest absolute Gasteiger partial charge is 0.354 e. The third-order valence-electron chi connectivity index (χ3n) is 3.79. The Morgan fingerprint density at radius 3 is 2.56 bits per heavy atom. The van der Waals surface area contributed by atoms with Gasteiger partial charge in [-0.2, -0.15) is 0 Å². The number of aryl methyl sites for hydroxylation is 1. The SMILES string of the molecule is CCC(N)(CC)CNc1nc2ccccc2n1C. The Kier molecular flexibility index (Phi) is 3.57. The number of hydrogen-bond donors (Lipinski definition) is 2. The minimum Gasteiger partial charge on any atom is -0.354 e. The first kappa shape index (κ1) is 12.9. The summed E-state index contributed by atoms with van der Waals surface area (Å²) in [6, 6.07) is 8.13. The summed E-state index contributed by atoms with van der Waals surface area (Å²) >= 11 is 0. The first-order chi connectivity index (χ1) is 8.59. The molecule has 0 fully saturated rings. The van der Waals surface area contributed by atoms with Gasteiger partial charge in [-0.3, -0.25) is 0 Å². The minimum absolute atomic E-state index is 0.155. The summed E-state index contributed by atoms with van der Waals surface area (Å²) in [6.07, 6.45) is 1.92. The van der Waals surface area contributed by atoms with Gasteiger partial charge >= 0.3 is 0 Å². The maximum atomic E-state index is 6.29. The van der Waals surface area contributed by atoms with Crippen LogP contribution >= 0.6 is 0 Å². The molecule has 18 heavy (non-hydrogen) atoms. The maximum absolute atomic E-state index is 6.29. The molecule has 1 heterocycles. The van der Waals surface area contributed by atoms with Crippen molar-refractivity contribution in [2.75, 3.05) is 11.9 Å². The van der Waals surface area contributed by atoms with Crippen molar-refractivity contribution in [1.29, 1.82) is 0 Å². The molecule has 0 saturated carbocycles. The van der Waals surface area contributed by atoms with E-state index < -0.39 is 0 Å². The van der Waals surface area contributed by atoms with Crippen LogP contribution in [0.4, 0.5) is 5.95 Å². The maximum Gasteiger partial charge on any atom is 0.203 e. The molecule has 2 rings (SSSR count). The van der Waals surface area contributed by atoms with Gasteiger partial charge in [0, 0.05) is 19.1 Å². The number of nitrogens with two attached hydrogens (primary N) is 1. The van der Waals surface area contributed by atoms with Gasteiger partial charge in [0.15, 0.2) is 0 Å². The Labute approximate surface area is 108 Å². The van der Waals surface area contributed by atoms with E-state index in [1.807, 2.05) is 25.2 Å². The van der Waals surface area contributed by atoms with Crippen LogP contribution < -0.4 is 11.1 Å². The third-order valence-corrected chi connectivity index (χ3v) is 3.79. The fourth-order valence-electron chi connectivity index (χ4n) is 2.06. The van der Waals surface area contributed by atoms with Crippen molar-refractivity contribution in [3.05, 3.63) is 24.3 Å². The molecule has 0 aliphatic rings. The molecule has 3 N–H and O–H groups in total. The molecule has 0 radical (unpaired) electrons. The molecule has 0 saturated heterocycles. The summed E-state index contributed by atoms with van der Waals surface area (Å²) in [4.78, 5) is 4.58. The lowest BCUT2D eigenvalue weighted by Crippen LogP contribution is -2.45. The summed E-state index contributed by atoms with van der Waals surface area (Å²) in [5.41, 5.74) is 8.28. The smallest absolute Gasteiger partial charge is 0.203 e. The molecule has 0 aliphatic heterocycles. The first-order valence-corrected chi connectivity index (χ1v) is 6.54. The fraction of sp³-hybridized carbons (Fsp3) is 0.500. The van der Waals surface area contributed by atoms with Crippen molar-refractivity contribution < 1.29 is 0 Å². The Morgan fingerprint density at radius 1 is 1.28 bits per heavy atom. The van der Waals surface area contributed by atoms with Crippen LogP contribution in [-0.2, 0) is 7.05 Å². The summed E-state index contributed by atoms with van der Waals surface area (Å²) in [5.74, 6) is 0.882. The van der Waals surface area contributed by atoms with E-state index in [2.05, 4.69) is 34.8 Å². The number of aromatic nitrogens is 2. The second-order valence-electron chi connectivity index (χ2n) is 4.91. The molecule has 4 heteroatoms. The number of benzene rings is 1. The monoisotopic (exact) mass is 246 g/mol. The van der Waals surface area contributed by atoms with E-state index >= 15 is 0 Å². The molecular weight excluding hydrogens is 224 g/mol. The number of nitrogens with zero attached hydrogens (tertiary/aromatic N) is 2. The highest BCUT2D eigenvalue weighted by molar-refractivity contribution is 5.78. The molecule has 0 spiro atoms. The predicted octanol–water partition coefficient (Wildman–Crippen LogP) is 2.50. The van der Waals surface area contributed by atoms with Crippen LogP contribution in [0.5, 0.6) is 0 Å². The zero-order chi connectivity index (χ0) is 13.2. The third kappa shape index (κ3) is 2.34. The second kappa shape index (κ2) is 4.98. The minimum atomic E-state index is -0.155. The van der Waals surface area contributed by atoms with Crippen LogP contribution in [-0.4, -0.2) is 21.6 Å². The summed E-state index contributed by atoms with van der Waals surface area (Å²) in [5, 5.41) is 3.37. The summed E-state index contributed by atoms with van der Waals surface area (Å²) in [6.45, 7) is 5.00. The standard InChI is InChI=1S/C14H22N4/c1-4-14(15,5-2)10-16-13-17-11-8-6-7-9-12(11)18(13)3/h6-9H,4-5,10,15H2,1-3H3,(H,16,17). The van der Waals surface area contributed by atoms with Crippen LogP contribution in [0.15, 0.2) is 24.3 Å². The van der Waals surface area contributed by atoms with Crippen molar-refractivity contribution in [1.82, 2.24) is 9.55 Å². The van der Waals surface area contributed by atoms with Crippen LogP contribution in [0, 0.1) is 0 Å². The van der Waals surface area contributed by atoms with Gasteiger partial charge in [-0.25, -0.2) is 4.98 Å². The topological polar surface area (TPSA) is 55.9 Å². The Morgan fingerprint density at radius 2 is 1.94 bits per heavy atom. The number of para-hydroxylation sites is 2. The summed E-state index contributed by atoms with van der Waals surface area (Å²) < 4.78 is 2.07. The molecule has 0 aliphatic carbocycles. The second-order valence-corrected chi connectivity index (χ2v) is 4.91. The van der Waals surface area contributed by atoms with E-state index in [-0.39, 0.29) is 5.54 Å². The lowest BCUT2D eigenvalue weighted by molar-refractivity contribution is 0.417. The van der Waals surface area contributed by atoms with Crippen molar-refractivity contribution in [3.63, 3.8) is 0 Å². The molecule has 98 valence electrons. The van der Waals surface area contributed by atoms with Crippen molar-refractivity contribution in [2.24, 2.45) is 12.8 Å². The first-order valence-electron chi connectivity index (χ1n) is 6.54. The van der Waals surface area contributed by atoms with Crippen molar-refractivity contribution in [2.45, 2.75) is 32.2 Å². The lowest BCUT2D eigenvalue weighted by atomic mass is 9.94. The highest BCUT2D eigenvalue weighted by atomic mass is 15.2. The Bertz CT molecular complexity index is 526. The number of rotatable bonds is 5. The van der Waals surface area contributed by atoms with Gasteiger partial charge in [0.2, 0.25) is 5.95 Å². The van der Waals surface area contributed by atoms with Crippen molar-refractivity contribution in [3.8, 4) is 0 Å². The molecule has 4 nitrogen and oxygen atoms in total. The van der Waals surface area contributed by atoms with Gasteiger partial charge in [-0.15, -0.1) is 0 Å². The molecule has 2 aromatic rings. The lowest BCUT2D eigenvalue weighted by Gasteiger charge is -2.27. The molecule has 1 aromatic heterocycles. The van der Waals surface area contributed by atoms with Gasteiger partial charge in [0.1, 0.15) is 0 Å². The normalized spacial score (nSPS) is 12.0. The molecule has 0 amide bonds. The van der Waals surface area contributed by atoms with Crippen LogP contribution in [0.3, 0.4) is 0 Å². The molecule has 1 aromatic carbocycles. The predicted molar refractivity (Wildman–Crippen MR) is 76.7 cm³/mol. The van der Waals surface area contributed by atoms with Gasteiger partial charge in [-0.05, 0) is 25.0 Å². The van der Waals surface area contributed by atoms with Crippen molar-refractivity contribution >= 4 is 17.0 Å². The average molecular weight is 246 g/mol. The number of hydrogen-bond acceptors (Lipinski definition) is 3. The molecule has 0 unspecified atom stereocenters. The summed E-state index contributed by atoms with van der Waals surface area (Å²) in [7, 11) is 2.02. The Hall–Kier alpha value is -1.55. The van der Waals surface area contributed by atoms with E-state index in [9.17, 15) is 0 Å². The average Bonchev–Trinajstić information content (AvgIpc) is 2.73. The van der Waals surface area contributed by atoms with E-state index in [4.69, 9.17) is 5.73 Å². The molecule has 0 atom stereocenters. The number of anilines is 1. The quantitative estimate of drug-likeness (QED) is 0.852. The highest BCUT2D eigenvalue weighted by Crippen LogP contribution is 2.19. The van der Waals surface area contributed by atoms with Crippen LogP contribution in [0.25, 0.3) is 11.0 Å². The number of fused-ring (bicyclic) bond motifs is 1. The zero-order valence-corrected chi connectivity index (χ0v) is 11.4. The van der Waals surface area contributed by atoms with E-state index in [0.29, 0.717) is 0 Å².